The molecule has 0 aromatic carbocycles. The molecule has 5 heteroatoms. The largest absolute Gasteiger partial charge is 0.361 e. The molecule has 1 amide bonds. The average Bonchev–Trinajstić information content (AvgIpc) is 2.47. The molecule has 0 aliphatic heterocycles. The molecule has 66 valence electrons. The average molecular weight is 169 g/mol. The highest BCUT2D eigenvalue weighted by Crippen LogP contribution is 1.99. The van der Waals surface area contributed by atoms with Gasteiger partial charge in [-0.1, -0.05) is 5.16 Å². The number of hydrogen-bond donors (Lipinski definition) is 2. The number of nitrogens with zero attached hydrogens (tertiary/aromatic N) is 1. The first-order chi connectivity index (χ1) is 5.72. The molecule has 0 spiro atoms. The van der Waals surface area contributed by atoms with Crippen LogP contribution in [0.1, 0.15) is 11.5 Å². The van der Waals surface area contributed by atoms with Crippen molar-refractivity contribution in [3.63, 3.8) is 0 Å². The second kappa shape index (κ2) is 3.87. The third-order valence-corrected chi connectivity index (χ3v) is 1.33. The summed E-state index contributed by atoms with van der Waals surface area (Å²) in [6.45, 7) is 2.16. The molecule has 0 radical (unpaired) electrons. The van der Waals surface area contributed by atoms with Gasteiger partial charge in [-0.15, -0.1) is 0 Å². The number of amides is 1. The van der Waals surface area contributed by atoms with Crippen molar-refractivity contribution in [1.29, 1.82) is 0 Å². The summed E-state index contributed by atoms with van der Waals surface area (Å²) in [6, 6.07) is 1.76. The molecule has 0 atom stereocenters. The highest BCUT2D eigenvalue weighted by molar-refractivity contribution is 5.77. The van der Waals surface area contributed by atoms with Crippen molar-refractivity contribution in [2.24, 2.45) is 5.73 Å². The van der Waals surface area contributed by atoms with Gasteiger partial charge >= 0.3 is 0 Å². The summed E-state index contributed by atoms with van der Waals surface area (Å²) in [4.78, 5) is 10.7. The van der Waals surface area contributed by atoms with Crippen molar-refractivity contribution >= 4 is 5.91 Å². The third-order valence-electron chi connectivity index (χ3n) is 1.33. The molecule has 0 aliphatic rings. The predicted molar refractivity (Wildman–Crippen MR) is 42.1 cm³/mol. The molecule has 12 heavy (non-hydrogen) atoms. The Morgan fingerprint density at radius 1 is 1.83 bits per heavy atom. The van der Waals surface area contributed by atoms with Crippen molar-refractivity contribution in [3.8, 4) is 0 Å². The second-order valence-electron chi connectivity index (χ2n) is 2.41. The topological polar surface area (TPSA) is 81.2 Å². The van der Waals surface area contributed by atoms with Gasteiger partial charge in [0.2, 0.25) is 5.91 Å². The minimum Gasteiger partial charge on any atom is -0.361 e. The highest BCUT2D eigenvalue weighted by atomic mass is 16.5. The Morgan fingerprint density at radius 3 is 3.08 bits per heavy atom. The molecular weight excluding hydrogens is 158 g/mol. The molecule has 5 nitrogen and oxygen atoms in total. The lowest BCUT2D eigenvalue weighted by atomic mass is 10.4. The monoisotopic (exact) mass is 169 g/mol. The first-order valence-electron chi connectivity index (χ1n) is 3.61. The Bertz CT molecular complexity index is 269. The molecule has 0 aliphatic carbocycles. The van der Waals surface area contributed by atoms with Crippen LogP contribution in [-0.2, 0) is 11.3 Å². The molecule has 1 heterocycles. The fraction of sp³-hybridized carbons (Fsp3) is 0.429. The maximum absolute atomic E-state index is 10.7. The van der Waals surface area contributed by atoms with E-state index < -0.39 is 0 Å². The van der Waals surface area contributed by atoms with E-state index in [1.54, 1.807) is 13.0 Å². The van der Waals surface area contributed by atoms with Crippen molar-refractivity contribution < 1.29 is 9.32 Å². The number of aryl methyl sites for hydroxylation is 1. The first kappa shape index (κ1) is 8.73. The highest BCUT2D eigenvalue weighted by Gasteiger charge is 2.01. The molecule has 0 saturated heterocycles. The van der Waals surface area contributed by atoms with E-state index in [0.717, 1.165) is 5.76 Å². The second-order valence-corrected chi connectivity index (χ2v) is 2.41. The van der Waals surface area contributed by atoms with Gasteiger partial charge in [0.15, 0.2) is 0 Å². The zero-order chi connectivity index (χ0) is 8.97. The standard InChI is InChI=1S/C7H11N3O2/c1-5-2-6(10-12-5)4-9-7(11)3-8/h2H,3-4,8H2,1H3,(H,9,11). The quantitative estimate of drug-likeness (QED) is 0.642. The predicted octanol–water partition coefficient (Wildman–Crippen LogP) is -0.442. The van der Waals surface area contributed by atoms with Crippen LogP contribution in [0.5, 0.6) is 0 Å². The third kappa shape index (κ3) is 2.35. The summed E-state index contributed by atoms with van der Waals surface area (Å²) in [6.07, 6.45) is 0. The summed E-state index contributed by atoms with van der Waals surface area (Å²) >= 11 is 0. The summed E-state index contributed by atoms with van der Waals surface area (Å²) in [5.41, 5.74) is 5.79. The van der Waals surface area contributed by atoms with Crippen LogP contribution in [0.2, 0.25) is 0 Å². The molecule has 1 aromatic heterocycles. The molecule has 0 saturated carbocycles. The summed E-state index contributed by atoms with van der Waals surface area (Å²) in [7, 11) is 0. The lowest BCUT2D eigenvalue weighted by molar-refractivity contribution is -0.119. The number of carbonyl (C=O) groups excluding carboxylic acids is 1. The SMILES string of the molecule is Cc1cc(CNC(=O)CN)no1. The zero-order valence-electron chi connectivity index (χ0n) is 6.83. The van der Waals surface area contributed by atoms with E-state index in [1.165, 1.54) is 0 Å². The first-order valence-corrected chi connectivity index (χ1v) is 3.61. The van der Waals surface area contributed by atoms with Gasteiger partial charge in [-0.05, 0) is 6.92 Å². The van der Waals surface area contributed by atoms with Crippen molar-refractivity contribution in [3.05, 3.63) is 17.5 Å². The summed E-state index contributed by atoms with van der Waals surface area (Å²) < 4.78 is 4.80. The molecule has 0 unspecified atom stereocenters. The normalized spacial score (nSPS) is 9.83. The Labute approximate surface area is 69.9 Å². The smallest absolute Gasteiger partial charge is 0.234 e. The van der Waals surface area contributed by atoms with Crippen LogP contribution in [-0.4, -0.2) is 17.6 Å². The summed E-state index contributed by atoms with van der Waals surface area (Å²) in [5, 5.41) is 6.27. The van der Waals surface area contributed by atoms with Crippen LogP contribution in [0, 0.1) is 6.92 Å². The van der Waals surface area contributed by atoms with E-state index in [0.29, 0.717) is 12.2 Å². The number of rotatable bonds is 3. The molecule has 0 bridgehead atoms. The van der Waals surface area contributed by atoms with E-state index in [-0.39, 0.29) is 12.5 Å². The van der Waals surface area contributed by atoms with Gasteiger partial charge in [0.05, 0.1) is 13.1 Å². The maximum Gasteiger partial charge on any atom is 0.234 e. The Morgan fingerprint density at radius 2 is 2.58 bits per heavy atom. The number of hydrogen-bond acceptors (Lipinski definition) is 4. The van der Waals surface area contributed by atoms with Crippen LogP contribution >= 0.6 is 0 Å². The summed E-state index contributed by atoms with van der Waals surface area (Å²) in [5.74, 6) is 0.530. The number of nitrogens with one attached hydrogen (secondary N) is 1. The Balaban J connectivity index is 2.38. The van der Waals surface area contributed by atoms with Crippen molar-refractivity contribution in [2.75, 3.05) is 6.54 Å². The molecule has 1 rings (SSSR count). The van der Waals surface area contributed by atoms with Crippen molar-refractivity contribution in [1.82, 2.24) is 10.5 Å². The van der Waals surface area contributed by atoms with Gasteiger partial charge < -0.3 is 15.6 Å². The van der Waals surface area contributed by atoms with E-state index in [2.05, 4.69) is 10.5 Å². The van der Waals surface area contributed by atoms with Gasteiger partial charge in [0, 0.05) is 6.07 Å². The van der Waals surface area contributed by atoms with Crippen LogP contribution in [0.15, 0.2) is 10.6 Å². The maximum atomic E-state index is 10.7. The van der Waals surface area contributed by atoms with Gasteiger partial charge in [0.25, 0.3) is 0 Å². The molecule has 0 fully saturated rings. The fourth-order valence-corrected chi connectivity index (χ4v) is 0.763. The van der Waals surface area contributed by atoms with E-state index >= 15 is 0 Å². The van der Waals surface area contributed by atoms with Gasteiger partial charge in [0.1, 0.15) is 11.5 Å². The van der Waals surface area contributed by atoms with Crippen LogP contribution in [0.4, 0.5) is 0 Å². The van der Waals surface area contributed by atoms with E-state index in [1.807, 2.05) is 0 Å². The van der Waals surface area contributed by atoms with Gasteiger partial charge in [-0.3, -0.25) is 4.79 Å². The van der Waals surface area contributed by atoms with Crippen molar-refractivity contribution in [2.45, 2.75) is 13.5 Å². The minimum atomic E-state index is -0.198. The molecule has 1 aromatic rings. The van der Waals surface area contributed by atoms with Crippen LogP contribution < -0.4 is 11.1 Å². The Kier molecular flexibility index (Phi) is 2.82. The van der Waals surface area contributed by atoms with E-state index in [4.69, 9.17) is 10.3 Å². The van der Waals surface area contributed by atoms with Crippen LogP contribution in [0.25, 0.3) is 0 Å². The molecule has 3 N–H and O–H groups in total. The zero-order valence-corrected chi connectivity index (χ0v) is 6.83. The van der Waals surface area contributed by atoms with E-state index in [9.17, 15) is 4.79 Å². The lowest BCUT2D eigenvalue weighted by Gasteiger charge is -1.97. The number of carbonyl (C=O) groups is 1. The fourth-order valence-electron chi connectivity index (χ4n) is 0.763. The van der Waals surface area contributed by atoms with Gasteiger partial charge in [-0.25, -0.2) is 0 Å². The van der Waals surface area contributed by atoms with Crippen LogP contribution in [0.3, 0.4) is 0 Å². The Hall–Kier alpha value is -1.36. The molecular formula is C7H11N3O2. The number of aromatic nitrogens is 1. The van der Waals surface area contributed by atoms with Gasteiger partial charge in [-0.2, -0.15) is 0 Å². The number of nitrogens with two attached hydrogens (primary N) is 1. The minimum absolute atomic E-state index is 0.00314. The lowest BCUT2D eigenvalue weighted by Crippen LogP contribution is -2.29.